The van der Waals surface area contributed by atoms with E-state index in [1.54, 1.807) is 6.07 Å². The second-order valence-corrected chi connectivity index (χ2v) is 4.57. The molecule has 0 atom stereocenters. The summed E-state index contributed by atoms with van der Waals surface area (Å²) in [4.78, 5) is 4.23. The minimum absolute atomic E-state index is 0.169. The lowest BCUT2D eigenvalue weighted by Crippen LogP contribution is -2.28. The van der Waals surface area contributed by atoms with Crippen molar-refractivity contribution in [1.82, 2.24) is 0 Å². The number of amidine groups is 1. The molecule has 0 bridgehead atoms. The molecule has 0 amide bonds. The zero-order valence-electron chi connectivity index (χ0n) is 10.0. The molecule has 0 spiro atoms. The number of nitrogens with two attached hydrogens (primary N) is 1. The first-order valence-corrected chi connectivity index (χ1v) is 5.03. The molecule has 0 fully saturated rings. The maximum absolute atomic E-state index is 13.1. The summed E-state index contributed by atoms with van der Waals surface area (Å²) < 4.78 is 18.0. The molecule has 16 heavy (non-hydrogen) atoms. The van der Waals surface area contributed by atoms with Crippen LogP contribution in [0.2, 0.25) is 0 Å². The minimum Gasteiger partial charge on any atom is -0.494 e. The Bertz CT molecular complexity index is 408. The van der Waals surface area contributed by atoms with E-state index in [-0.39, 0.29) is 11.2 Å². The SMILES string of the molecule is COc1cc(N=C(N)C(C)(C)C)ccc1F. The average molecular weight is 224 g/mol. The Morgan fingerprint density at radius 2 is 2.00 bits per heavy atom. The van der Waals surface area contributed by atoms with Gasteiger partial charge in [-0.15, -0.1) is 0 Å². The highest BCUT2D eigenvalue weighted by Crippen LogP contribution is 2.25. The van der Waals surface area contributed by atoms with Crippen molar-refractivity contribution in [3.8, 4) is 5.75 Å². The summed E-state index contributed by atoms with van der Waals surface area (Å²) in [5.74, 6) is 0.264. The van der Waals surface area contributed by atoms with E-state index < -0.39 is 5.82 Å². The summed E-state index contributed by atoms with van der Waals surface area (Å²) >= 11 is 0. The van der Waals surface area contributed by atoms with Gasteiger partial charge in [-0.2, -0.15) is 0 Å². The molecule has 1 aromatic rings. The first-order valence-electron chi connectivity index (χ1n) is 5.03. The van der Waals surface area contributed by atoms with Gasteiger partial charge in [0.1, 0.15) is 5.84 Å². The van der Waals surface area contributed by atoms with Crippen LogP contribution in [0, 0.1) is 11.2 Å². The molecule has 0 aliphatic carbocycles. The van der Waals surface area contributed by atoms with E-state index in [2.05, 4.69) is 4.99 Å². The molecule has 1 aromatic carbocycles. The first-order chi connectivity index (χ1) is 7.34. The van der Waals surface area contributed by atoms with Crippen LogP contribution in [0.4, 0.5) is 10.1 Å². The van der Waals surface area contributed by atoms with Crippen molar-refractivity contribution in [3.63, 3.8) is 0 Å². The van der Waals surface area contributed by atoms with E-state index in [4.69, 9.17) is 10.5 Å². The van der Waals surface area contributed by atoms with Crippen molar-refractivity contribution in [2.75, 3.05) is 7.11 Å². The lowest BCUT2D eigenvalue weighted by Gasteiger charge is -2.17. The summed E-state index contributed by atoms with van der Waals surface area (Å²) in [6, 6.07) is 4.40. The molecule has 1 rings (SSSR count). The average Bonchev–Trinajstić information content (AvgIpc) is 2.19. The topological polar surface area (TPSA) is 47.6 Å². The lowest BCUT2D eigenvalue weighted by atomic mass is 9.95. The van der Waals surface area contributed by atoms with Gasteiger partial charge < -0.3 is 10.5 Å². The summed E-state index contributed by atoms with van der Waals surface area (Å²) in [7, 11) is 1.42. The molecule has 4 heteroatoms. The molecule has 0 aromatic heterocycles. The van der Waals surface area contributed by atoms with E-state index in [9.17, 15) is 4.39 Å². The highest BCUT2D eigenvalue weighted by molar-refractivity contribution is 5.87. The summed E-state index contributed by atoms with van der Waals surface area (Å²) in [6.45, 7) is 5.89. The molecular formula is C12H17FN2O. The van der Waals surface area contributed by atoms with Gasteiger partial charge in [0.25, 0.3) is 0 Å². The molecule has 0 saturated heterocycles. The number of nitrogens with zero attached hydrogens (tertiary/aromatic N) is 1. The normalized spacial score (nSPS) is 12.7. The smallest absolute Gasteiger partial charge is 0.165 e. The van der Waals surface area contributed by atoms with E-state index in [0.717, 1.165) is 0 Å². The first kappa shape index (κ1) is 12.5. The standard InChI is InChI=1S/C12H17FN2O/c1-12(2,3)11(14)15-8-5-6-9(13)10(7-8)16-4/h5-7H,1-4H3,(H2,14,15). The van der Waals surface area contributed by atoms with E-state index in [0.29, 0.717) is 11.5 Å². The predicted octanol–water partition coefficient (Wildman–Crippen LogP) is 2.87. The van der Waals surface area contributed by atoms with Crippen molar-refractivity contribution < 1.29 is 9.13 Å². The molecule has 0 aliphatic heterocycles. The van der Waals surface area contributed by atoms with Gasteiger partial charge >= 0.3 is 0 Å². The van der Waals surface area contributed by atoms with E-state index >= 15 is 0 Å². The van der Waals surface area contributed by atoms with E-state index in [1.165, 1.54) is 19.2 Å². The van der Waals surface area contributed by atoms with Crippen molar-refractivity contribution >= 4 is 11.5 Å². The molecule has 2 N–H and O–H groups in total. The zero-order valence-corrected chi connectivity index (χ0v) is 10.0. The Balaban J connectivity index is 3.07. The van der Waals surface area contributed by atoms with Gasteiger partial charge in [0.15, 0.2) is 11.6 Å². The van der Waals surface area contributed by atoms with Crippen molar-refractivity contribution in [1.29, 1.82) is 0 Å². The molecule has 0 heterocycles. The van der Waals surface area contributed by atoms with Gasteiger partial charge in [-0.05, 0) is 12.1 Å². The Hall–Kier alpha value is -1.58. The highest BCUT2D eigenvalue weighted by Gasteiger charge is 2.15. The number of hydrogen-bond acceptors (Lipinski definition) is 2. The van der Waals surface area contributed by atoms with Crippen LogP contribution in [-0.4, -0.2) is 12.9 Å². The molecule has 0 saturated carbocycles. The monoisotopic (exact) mass is 224 g/mol. The summed E-state index contributed by atoms with van der Waals surface area (Å²) in [5.41, 5.74) is 6.21. The number of ether oxygens (including phenoxy) is 1. The van der Waals surface area contributed by atoms with Crippen LogP contribution in [0.5, 0.6) is 5.75 Å². The van der Waals surface area contributed by atoms with E-state index in [1.807, 2.05) is 20.8 Å². The van der Waals surface area contributed by atoms with Crippen LogP contribution in [0.15, 0.2) is 23.2 Å². The van der Waals surface area contributed by atoms with Gasteiger partial charge in [-0.25, -0.2) is 9.38 Å². The second-order valence-electron chi connectivity index (χ2n) is 4.57. The Labute approximate surface area is 95.1 Å². The largest absolute Gasteiger partial charge is 0.494 e. The van der Waals surface area contributed by atoms with Crippen LogP contribution < -0.4 is 10.5 Å². The molecule has 0 unspecified atom stereocenters. The zero-order chi connectivity index (χ0) is 12.3. The fourth-order valence-corrected chi connectivity index (χ4v) is 1.02. The third kappa shape index (κ3) is 2.95. The highest BCUT2D eigenvalue weighted by atomic mass is 19.1. The maximum Gasteiger partial charge on any atom is 0.165 e. The van der Waals surface area contributed by atoms with Crippen LogP contribution in [0.3, 0.4) is 0 Å². The molecule has 0 aliphatic rings. The van der Waals surface area contributed by atoms with Gasteiger partial charge in [0.2, 0.25) is 0 Å². The number of benzene rings is 1. The summed E-state index contributed by atoms with van der Waals surface area (Å²) in [6.07, 6.45) is 0. The van der Waals surface area contributed by atoms with Gasteiger partial charge in [-0.1, -0.05) is 20.8 Å². The number of halogens is 1. The number of aliphatic imine (C=N–C) groups is 1. The summed E-state index contributed by atoms with van der Waals surface area (Å²) in [5, 5.41) is 0. The van der Waals surface area contributed by atoms with Crippen LogP contribution >= 0.6 is 0 Å². The number of rotatable bonds is 2. The molecule has 0 radical (unpaired) electrons. The van der Waals surface area contributed by atoms with Crippen LogP contribution in [0.25, 0.3) is 0 Å². The quantitative estimate of drug-likeness (QED) is 0.620. The Morgan fingerprint density at radius 3 is 2.50 bits per heavy atom. The van der Waals surface area contributed by atoms with Crippen molar-refractivity contribution in [2.24, 2.45) is 16.1 Å². The lowest BCUT2D eigenvalue weighted by molar-refractivity contribution is 0.387. The van der Waals surface area contributed by atoms with Gasteiger partial charge in [-0.3, -0.25) is 0 Å². The Morgan fingerprint density at radius 1 is 1.38 bits per heavy atom. The number of methoxy groups -OCH3 is 1. The maximum atomic E-state index is 13.1. The second kappa shape index (κ2) is 4.51. The molecule has 3 nitrogen and oxygen atoms in total. The number of hydrogen-bond donors (Lipinski definition) is 1. The molecule has 88 valence electrons. The Kier molecular flexibility index (Phi) is 3.52. The van der Waals surface area contributed by atoms with Crippen LogP contribution in [-0.2, 0) is 0 Å². The predicted molar refractivity (Wildman–Crippen MR) is 63.7 cm³/mol. The van der Waals surface area contributed by atoms with Crippen molar-refractivity contribution in [2.45, 2.75) is 20.8 Å². The van der Waals surface area contributed by atoms with Gasteiger partial charge in [0, 0.05) is 11.5 Å². The van der Waals surface area contributed by atoms with Crippen molar-refractivity contribution in [3.05, 3.63) is 24.0 Å². The van der Waals surface area contributed by atoms with Gasteiger partial charge in [0.05, 0.1) is 12.8 Å². The van der Waals surface area contributed by atoms with Crippen LogP contribution in [0.1, 0.15) is 20.8 Å². The molecular weight excluding hydrogens is 207 g/mol. The fraction of sp³-hybridized carbons (Fsp3) is 0.417. The third-order valence-corrected chi connectivity index (χ3v) is 2.15. The minimum atomic E-state index is -0.407. The third-order valence-electron chi connectivity index (χ3n) is 2.15. The fourth-order valence-electron chi connectivity index (χ4n) is 1.02.